The lowest BCUT2D eigenvalue weighted by atomic mass is 9.94. The number of rotatable bonds is 8. The van der Waals surface area contributed by atoms with E-state index in [1.165, 1.54) is 37.3 Å². The van der Waals surface area contributed by atoms with Gasteiger partial charge in [-0.3, -0.25) is 0 Å². The van der Waals surface area contributed by atoms with Gasteiger partial charge in [-0.25, -0.2) is 0 Å². The Morgan fingerprint density at radius 2 is 1.72 bits per heavy atom. The molecule has 0 amide bonds. The molecule has 0 aromatic rings. The molecular weight excluding hydrogens is 242 g/mol. The highest BCUT2D eigenvalue weighted by atomic mass is 28.3. The van der Waals surface area contributed by atoms with E-state index >= 15 is 0 Å². The van der Waals surface area contributed by atoms with Gasteiger partial charge in [0.2, 0.25) is 0 Å². The first kappa shape index (κ1) is 15.9. The van der Waals surface area contributed by atoms with Crippen LogP contribution in [0.1, 0.15) is 58.8 Å². The van der Waals surface area contributed by atoms with Gasteiger partial charge in [-0.2, -0.15) is 0 Å². The number of hydrogen-bond donors (Lipinski definition) is 1. The average molecular weight is 271 g/mol. The Kier molecular flexibility index (Phi) is 8.59. The van der Waals surface area contributed by atoms with Crippen LogP contribution < -0.4 is 5.73 Å². The molecule has 0 aliphatic heterocycles. The molecule has 1 aliphatic carbocycles. The Morgan fingerprint density at radius 3 is 2.22 bits per heavy atom. The topological polar surface area (TPSA) is 44.5 Å². The summed E-state index contributed by atoms with van der Waals surface area (Å²) in [6.07, 6.45) is 8.70. The van der Waals surface area contributed by atoms with Crippen LogP contribution in [0.3, 0.4) is 0 Å². The highest BCUT2D eigenvalue weighted by molar-refractivity contribution is 6.53. The van der Waals surface area contributed by atoms with E-state index in [9.17, 15) is 0 Å². The summed E-state index contributed by atoms with van der Waals surface area (Å²) < 4.78 is 11.8. The summed E-state index contributed by atoms with van der Waals surface area (Å²) in [5, 5.41) is 1.52. The smallest absolute Gasteiger partial charge is 0.351 e. The minimum atomic E-state index is -1.63. The molecule has 18 heavy (non-hydrogen) atoms. The van der Waals surface area contributed by atoms with E-state index < -0.39 is 9.28 Å². The van der Waals surface area contributed by atoms with E-state index in [-0.39, 0.29) is 0 Å². The molecular formula is C14H29NO2Si. The van der Waals surface area contributed by atoms with Gasteiger partial charge in [0.05, 0.1) is 0 Å². The second-order valence-electron chi connectivity index (χ2n) is 4.82. The first-order valence-electron chi connectivity index (χ1n) is 7.47. The Hall–Kier alpha value is -0.163. The quantitative estimate of drug-likeness (QED) is 0.690. The molecule has 106 valence electrons. The van der Waals surface area contributed by atoms with Gasteiger partial charge in [-0.15, -0.1) is 0 Å². The van der Waals surface area contributed by atoms with Crippen molar-refractivity contribution in [3.05, 3.63) is 10.8 Å². The van der Waals surface area contributed by atoms with Crippen molar-refractivity contribution in [2.75, 3.05) is 19.8 Å². The maximum atomic E-state index is 5.91. The second kappa shape index (κ2) is 9.73. The van der Waals surface area contributed by atoms with Crippen LogP contribution in [0.5, 0.6) is 0 Å². The molecule has 0 aromatic heterocycles. The molecule has 4 heteroatoms. The van der Waals surface area contributed by atoms with E-state index in [0.29, 0.717) is 0 Å². The zero-order valence-electron chi connectivity index (χ0n) is 12.0. The summed E-state index contributed by atoms with van der Waals surface area (Å²) in [5.41, 5.74) is 7.30. The normalized spacial score (nSPS) is 16.3. The largest absolute Gasteiger partial charge is 0.394 e. The molecule has 1 rings (SSSR count). The minimum Gasteiger partial charge on any atom is -0.394 e. The molecule has 1 fully saturated rings. The first-order chi connectivity index (χ1) is 8.83. The Bertz CT molecular complexity index is 242. The molecule has 0 atom stereocenters. The van der Waals surface area contributed by atoms with E-state index in [4.69, 9.17) is 14.6 Å². The SMILES string of the molecule is CCO[SiH](OCC)C(CCCN)=C1CCCCC1. The molecule has 0 bridgehead atoms. The third-order valence-corrected chi connectivity index (χ3v) is 6.02. The molecule has 0 aromatic carbocycles. The van der Waals surface area contributed by atoms with Crippen LogP contribution in [0.2, 0.25) is 0 Å². The van der Waals surface area contributed by atoms with Crippen LogP contribution in [0, 0.1) is 0 Å². The zero-order valence-corrected chi connectivity index (χ0v) is 13.2. The molecule has 0 saturated heterocycles. The van der Waals surface area contributed by atoms with Gasteiger partial charge >= 0.3 is 9.28 Å². The molecule has 2 N–H and O–H groups in total. The summed E-state index contributed by atoms with van der Waals surface area (Å²) >= 11 is 0. The van der Waals surface area contributed by atoms with E-state index in [2.05, 4.69) is 13.8 Å². The zero-order chi connectivity index (χ0) is 13.2. The molecule has 1 aliphatic rings. The predicted molar refractivity (Wildman–Crippen MR) is 78.8 cm³/mol. The van der Waals surface area contributed by atoms with Crippen molar-refractivity contribution in [2.45, 2.75) is 58.8 Å². The van der Waals surface area contributed by atoms with Crippen molar-refractivity contribution in [3.8, 4) is 0 Å². The summed E-state index contributed by atoms with van der Waals surface area (Å²) in [6.45, 7) is 6.40. The van der Waals surface area contributed by atoms with Crippen molar-refractivity contribution < 1.29 is 8.85 Å². The maximum Gasteiger partial charge on any atom is 0.351 e. The van der Waals surface area contributed by atoms with Gasteiger partial charge in [-0.1, -0.05) is 12.0 Å². The monoisotopic (exact) mass is 271 g/mol. The standard InChI is InChI=1S/C14H29NO2Si/c1-3-16-18(17-4-2)14(11-8-12-15)13-9-6-5-7-10-13/h18H,3-12,15H2,1-2H3. The molecule has 0 heterocycles. The molecule has 0 radical (unpaired) electrons. The summed E-state index contributed by atoms with van der Waals surface area (Å²) in [7, 11) is -1.63. The van der Waals surface area contributed by atoms with Crippen LogP contribution in [0.15, 0.2) is 10.8 Å². The van der Waals surface area contributed by atoms with E-state index in [1.54, 1.807) is 5.57 Å². The Morgan fingerprint density at radius 1 is 1.11 bits per heavy atom. The van der Waals surface area contributed by atoms with Gasteiger partial charge < -0.3 is 14.6 Å². The van der Waals surface area contributed by atoms with Crippen molar-refractivity contribution in [2.24, 2.45) is 5.73 Å². The first-order valence-corrected chi connectivity index (χ1v) is 8.99. The fraction of sp³-hybridized carbons (Fsp3) is 0.857. The lowest BCUT2D eigenvalue weighted by Crippen LogP contribution is -2.28. The van der Waals surface area contributed by atoms with E-state index in [0.717, 1.165) is 32.6 Å². The van der Waals surface area contributed by atoms with Crippen LogP contribution >= 0.6 is 0 Å². The highest BCUT2D eigenvalue weighted by Gasteiger charge is 2.23. The van der Waals surface area contributed by atoms with E-state index in [1.807, 2.05) is 0 Å². The average Bonchev–Trinajstić information content (AvgIpc) is 2.41. The number of nitrogens with two attached hydrogens (primary N) is 1. The molecule has 3 nitrogen and oxygen atoms in total. The summed E-state index contributed by atoms with van der Waals surface area (Å²) in [5.74, 6) is 0. The van der Waals surface area contributed by atoms with Crippen LogP contribution in [-0.2, 0) is 8.85 Å². The maximum absolute atomic E-state index is 5.91. The summed E-state index contributed by atoms with van der Waals surface area (Å²) in [6, 6.07) is 0. The third kappa shape index (κ3) is 5.22. The van der Waals surface area contributed by atoms with Crippen LogP contribution in [0.25, 0.3) is 0 Å². The molecule has 0 unspecified atom stereocenters. The van der Waals surface area contributed by atoms with Crippen molar-refractivity contribution in [3.63, 3.8) is 0 Å². The van der Waals surface area contributed by atoms with Crippen molar-refractivity contribution in [1.29, 1.82) is 0 Å². The Labute approximate surface area is 114 Å². The third-order valence-electron chi connectivity index (χ3n) is 3.48. The van der Waals surface area contributed by atoms with Gasteiger partial charge in [0.15, 0.2) is 0 Å². The fourth-order valence-electron chi connectivity index (χ4n) is 2.61. The predicted octanol–water partition coefficient (Wildman–Crippen LogP) is 2.82. The number of allylic oxidation sites excluding steroid dienone is 2. The van der Waals surface area contributed by atoms with Gasteiger partial charge in [-0.05, 0) is 64.1 Å². The summed E-state index contributed by atoms with van der Waals surface area (Å²) in [4.78, 5) is 0. The van der Waals surface area contributed by atoms with Crippen LogP contribution in [-0.4, -0.2) is 29.0 Å². The molecule has 1 saturated carbocycles. The van der Waals surface area contributed by atoms with Gasteiger partial charge in [0.25, 0.3) is 0 Å². The molecule has 0 spiro atoms. The Balaban J connectivity index is 2.78. The number of hydrogen-bond acceptors (Lipinski definition) is 3. The highest BCUT2D eigenvalue weighted by Crippen LogP contribution is 2.29. The van der Waals surface area contributed by atoms with Crippen molar-refractivity contribution >= 4 is 9.28 Å². The van der Waals surface area contributed by atoms with Crippen molar-refractivity contribution in [1.82, 2.24) is 0 Å². The van der Waals surface area contributed by atoms with Crippen LogP contribution in [0.4, 0.5) is 0 Å². The van der Waals surface area contributed by atoms with Gasteiger partial charge in [0.1, 0.15) is 0 Å². The minimum absolute atomic E-state index is 0.760. The van der Waals surface area contributed by atoms with Gasteiger partial charge in [0, 0.05) is 13.2 Å². The lowest BCUT2D eigenvalue weighted by molar-refractivity contribution is 0.219. The fourth-order valence-corrected chi connectivity index (χ4v) is 4.77. The lowest BCUT2D eigenvalue weighted by Gasteiger charge is -2.24. The second-order valence-corrected chi connectivity index (χ2v) is 6.85.